The van der Waals surface area contributed by atoms with Gasteiger partial charge in [-0.05, 0) is 34.1 Å². The number of halogens is 1. The van der Waals surface area contributed by atoms with Gasteiger partial charge in [-0.3, -0.25) is 15.0 Å². The van der Waals surface area contributed by atoms with Crippen molar-refractivity contribution in [2.24, 2.45) is 0 Å². The highest BCUT2D eigenvalue weighted by atomic mass is 79.9. The summed E-state index contributed by atoms with van der Waals surface area (Å²) in [7, 11) is 1.58. The monoisotopic (exact) mass is 298 g/mol. The quantitative estimate of drug-likeness (QED) is 0.907. The van der Waals surface area contributed by atoms with Crippen LogP contribution in [0.3, 0.4) is 0 Å². The lowest BCUT2D eigenvalue weighted by Gasteiger charge is -2.26. The van der Waals surface area contributed by atoms with Crippen LogP contribution in [0.25, 0.3) is 0 Å². The first-order chi connectivity index (χ1) is 8.11. The highest BCUT2D eigenvalue weighted by molar-refractivity contribution is 9.10. The molecule has 3 amide bonds. The van der Waals surface area contributed by atoms with E-state index in [4.69, 9.17) is 4.74 Å². The van der Waals surface area contributed by atoms with Crippen molar-refractivity contribution in [3.8, 4) is 5.75 Å². The molecule has 0 atom stereocenters. The molecule has 90 valence electrons. The van der Waals surface area contributed by atoms with Crippen molar-refractivity contribution >= 4 is 33.6 Å². The number of rotatable bonds is 2. The highest BCUT2D eigenvalue weighted by Gasteiger charge is 2.24. The molecular weight excluding hydrogens is 288 g/mol. The van der Waals surface area contributed by atoms with E-state index in [1.54, 1.807) is 25.3 Å². The molecule has 2 rings (SSSR count). The number of methoxy groups -OCH3 is 1. The Labute approximate surface area is 107 Å². The number of benzene rings is 1. The summed E-state index contributed by atoms with van der Waals surface area (Å²) in [5.74, 6) is 0.459. The minimum atomic E-state index is -0.390. The second-order valence-electron chi connectivity index (χ2n) is 3.57. The van der Waals surface area contributed by atoms with Crippen LogP contribution in [0.15, 0.2) is 22.7 Å². The van der Waals surface area contributed by atoms with Crippen LogP contribution >= 0.6 is 15.9 Å². The molecule has 0 saturated carbocycles. The predicted molar refractivity (Wildman–Crippen MR) is 66.2 cm³/mol. The Morgan fingerprint density at radius 1 is 1.41 bits per heavy atom. The van der Waals surface area contributed by atoms with Crippen molar-refractivity contribution in [2.45, 2.75) is 6.42 Å². The topological polar surface area (TPSA) is 58.6 Å². The summed E-state index contributed by atoms with van der Waals surface area (Å²) in [4.78, 5) is 24.2. The summed E-state index contributed by atoms with van der Waals surface area (Å²) in [6.07, 6.45) is 0.315. The number of nitrogens with zero attached hydrogens (tertiary/aromatic N) is 1. The number of carbonyl (C=O) groups excluding carboxylic acids is 2. The van der Waals surface area contributed by atoms with Crippen molar-refractivity contribution in [2.75, 3.05) is 18.6 Å². The third-order valence-electron chi connectivity index (χ3n) is 2.50. The van der Waals surface area contributed by atoms with Crippen molar-refractivity contribution < 1.29 is 14.3 Å². The Kier molecular flexibility index (Phi) is 3.33. The first kappa shape index (κ1) is 11.9. The fourth-order valence-electron chi connectivity index (χ4n) is 1.63. The van der Waals surface area contributed by atoms with Gasteiger partial charge in [0, 0.05) is 18.7 Å². The third-order valence-corrected chi connectivity index (χ3v) is 3.12. The molecule has 1 saturated heterocycles. The lowest BCUT2D eigenvalue weighted by atomic mass is 10.2. The van der Waals surface area contributed by atoms with Gasteiger partial charge in [-0.15, -0.1) is 0 Å². The number of hydrogen-bond acceptors (Lipinski definition) is 3. The van der Waals surface area contributed by atoms with E-state index >= 15 is 0 Å². The maximum atomic E-state index is 11.6. The van der Waals surface area contributed by atoms with Gasteiger partial charge in [0.2, 0.25) is 5.91 Å². The normalized spacial score (nSPS) is 15.8. The largest absolute Gasteiger partial charge is 0.496 e. The molecule has 1 aliphatic rings. The summed E-state index contributed by atoms with van der Waals surface area (Å²) >= 11 is 3.36. The predicted octanol–water partition coefficient (Wildman–Crippen LogP) is 1.90. The van der Waals surface area contributed by atoms with E-state index in [1.807, 2.05) is 0 Å². The molecule has 1 heterocycles. The van der Waals surface area contributed by atoms with Crippen LogP contribution < -0.4 is 15.0 Å². The number of urea groups is 1. The van der Waals surface area contributed by atoms with E-state index in [-0.39, 0.29) is 5.91 Å². The van der Waals surface area contributed by atoms with Crippen molar-refractivity contribution in [1.82, 2.24) is 5.32 Å². The van der Waals surface area contributed by atoms with Crippen LogP contribution in [0.2, 0.25) is 0 Å². The summed E-state index contributed by atoms with van der Waals surface area (Å²) in [5, 5.41) is 2.28. The van der Waals surface area contributed by atoms with Gasteiger partial charge in [-0.2, -0.15) is 0 Å². The van der Waals surface area contributed by atoms with E-state index in [0.717, 1.165) is 10.2 Å². The van der Waals surface area contributed by atoms with Gasteiger partial charge < -0.3 is 4.74 Å². The van der Waals surface area contributed by atoms with E-state index < -0.39 is 6.03 Å². The number of anilines is 1. The van der Waals surface area contributed by atoms with E-state index in [0.29, 0.717) is 18.7 Å². The molecule has 0 aromatic heterocycles. The van der Waals surface area contributed by atoms with Crippen molar-refractivity contribution in [3.63, 3.8) is 0 Å². The van der Waals surface area contributed by atoms with Gasteiger partial charge in [0.15, 0.2) is 0 Å². The Balaban J connectivity index is 2.25. The molecule has 0 radical (unpaired) electrons. The lowest BCUT2D eigenvalue weighted by molar-refractivity contribution is -0.120. The molecule has 0 bridgehead atoms. The van der Waals surface area contributed by atoms with Crippen LogP contribution in [0.4, 0.5) is 10.5 Å². The zero-order valence-electron chi connectivity index (χ0n) is 9.20. The highest BCUT2D eigenvalue weighted by Crippen LogP contribution is 2.30. The van der Waals surface area contributed by atoms with E-state index in [1.165, 1.54) is 4.90 Å². The molecule has 17 heavy (non-hydrogen) atoms. The molecule has 0 aliphatic carbocycles. The maximum Gasteiger partial charge on any atom is 0.328 e. The fraction of sp³-hybridized carbons (Fsp3) is 0.273. The van der Waals surface area contributed by atoms with Crippen LogP contribution in [-0.4, -0.2) is 25.6 Å². The number of ether oxygens (including phenoxy) is 1. The van der Waals surface area contributed by atoms with Gasteiger partial charge in [-0.1, -0.05) is 0 Å². The molecule has 1 aliphatic heterocycles. The standard InChI is InChI=1S/C11H11BrN2O3/c1-17-9-3-2-7(6-8(9)12)14-5-4-10(15)13-11(14)16/h2-3,6H,4-5H2,1H3,(H,13,15,16). The minimum Gasteiger partial charge on any atom is -0.496 e. The molecule has 1 aromatic rings. The second-order valence-corrected chi connectivity index (χ2v) is 4.43. The smallest absolute Gasteiger partial charge is 0.328 e. The maximum absolute atomic E-state index is 11.6. The van der Waals surface area contributed by atoms with Gasteiger partial charge in [-0.25, -0.2) is 4.79 Å². The van der Waals surface area contributed by atoms with Crippen LogP contribution in [0, 0.1) is 0 Å². The first-order valence-electron chi connectivity index (χ1n) is 5.06. The van der Waals surface area contributed by atoms with Gasteiger partial charge in [0.25, 0.3) is 0 Å². The Bertz CT molecular complexity index is 476. The molecule has 0 unspecified atom stereocenters. The Morgan fingerprint density at radius 3 is 2.76 bits per heavy atom. The van der Waals surface area contributed by atoms with E-state index in [9.17, 15) is 9.59 Å². The molecular formula is C11H11BrN2O3. The van der Waals surface area contributed by atoms with Crippen LogP contribution in [-0.2, 0) is 4.79 Å². The Hall–Kier alpha value is -1.56. The molecule has 1 N–H and O–H groups in total. The molecule has 0 spiro atoms. The first-order valence-corrected chi connectivity index (χ1v) is 5.86. The molecule has 5 nitrogen and oxygen atoms in total. The number of nitrogens with one attached hydrogen (secondary N) is 1. The van der Waals surface area contributed by atoms with Gasteiger partial charge in [0.05, 0.1) is 11.6 Å². The number of amides is 3. The number of carbonyl (C=O) groups is 2. The summed E-state index contributed by atoms with van der Waals surface area (Å²) in [6.45, 7) is 0.392. The zero-order valence-corrected chi connectivity index (χ0v) is 10.8. The summed E-state index contributed by atoms with van der Waals surface area (Å²) in [5.41, 5.74) is 0.725. The Morgan fingerprint density at radius 2 is 2.18 bits per heavy atom. The number of imide groups is 1. The van der Waals surface area contributed by atoms with Crippen LogP contribution in [0.1, 0.15) is 6.42 Å². The average Bonchev–Trinajstić information content (AvgIpc) is 2.29. The summed E-state index contributed by atoms with van der Waals surface area (Å²) in [6, 6.07) is 4.94. The molecule has 1 aromatic carbocycles. The van der Waals surface area contributed by atoms with Gasteiger partial charge >= 0.3 is 6.03 Å². The zero-order chi connectivity index (χ0) is 12.4. The minimum absolute atomic E-state index is 0.237. The molecule has 1 fully saturated rings. The van der Waals surface area contributed by atoms with E-state index in [2.05, 4.69) is 21.2 Å². The molecule has 6 heteroatoms. The van der Waals surface area contributed by atoms with Crippen molar-refractivity contribution in [1.29, 1.82) is 0 Å². The SMILES string of the molecule is COc1ccc(N2CCC(=O)NC2=O)cc1Br. The third kappa shape index (κ3) is 2.41. The average molecular weight is 299 g/mol. The lowest BCUT2D eigenvalue weighted by Crippen LogP contribution is -2.49. The number of hydrogen-bond donors (Lipinski definition) is 1. The van der Waals surface area contributed by atoms with Crippen molar-refractivity contribution in [3.05, 3.63) is 22.7 Å². The fourth-order valence-corrected chi connectivity index (χ4v) is 2.16. The second kappa shape index (κ2) is 4.75. The van der Waals surface area contributed by atoms with Crippen LogP contribution in [0.5, 0.6) is 5.75 Å². The summed E-state index contributed by atoms with van der Waals surface area (Å²) < 4.78 is 5.88. The van der Waals surface area contributed by atoms with Gasteiger partial charge in [0.1, 0.15) is 5.75 Å².